The van der Waals surface area contributed by atoms with E-state index in [1.54, 1.807) is 18.5 Å². The number of pyridine rings is 1. The lowest BCUT2D eigenvalue weighted by Gasteiger charge is -1.97. The van der Waals surface area contributed by atoms with Crippen molar-refractivity contribution in [3.8, 4) is 0 Å². The number of rotatable bonds is 4. The average molecular weight is 232 g/mol. The third-order valence-corrected chi connectivity index (χ3v) is 2.16. The summed E-state index contributed by atoms with van der Waals surface area (Å²) in [5, 5.41) is 3.89. The molecule has 0 aliphatic carbocycles. The van der Waals surface area contributed by atoms with Crippen molar-refractivity contribution in [2.24, 2.45) is 12.1 Å². The van der Waals surface area contributed by atoms with Crippen molar-refractivity contribution in [3.63, 3.8) is 0 Å². The van der Waals surface area contributed by atoms with Gasteiger partial charge < -0.3 is 0 Å². The van der Waals surface area contributed by atoms with Crippen LogP contribution < -0.4 is 9.99 Å². The lowest BCUT2D eigenvalue weighted by Crippen LogP contribution is -2.29. The maximum absolute atomic E-state index is 11.7. The number of carbonyl (C=O) groups is 1. The van der Waals surface area contributed by atoms with Gasteiger partial charge in [-0.1, -0.05) is 13.0 Å². The number of amides is 1. The molecule has 0 radical (unpaired) electrons. The van der Waals surface area contributed by atoms with Crippen LogP contribution in [-0.4, -0.2) is 12.1 Å². The van der Waals surface area contributed by atoms with Gasteiger partial charge in [0.05, 0.1) is 0 Å². The molecule has 1 rings (SSSR count). The van der Waals surface area contributed by atoms with Gasteiger partial charge in [0.15, 0.2) is 12.4 Å². The molecule has 0 aliphatic rings. The van der Waals surface area contributed by atoms with Crippen LogP contribution in [0.15, 0.2) is 41.3 Å². The van der Waals surface area contributed by atoms with E-state index in [4.69, 9.17) is 0 Å². The fraction of sp³-hybridized carbons (Fsp3) is 0.308. The number of nitrogens with zero attached hydrogens (tertiary/aromatic N) is 2. The Kier molecular flexibility index (Phi) is 5.07. The summed E-state index contributed by atoms with van der Waals surface area (Å²) < 4.78 is 1.82. The van der Waals surface area contributed by atoms with Crippen molar-refractivity contribution in [1.82, 2.24) is 5.43 Å². The van der Waals surface area contributed by atoms with E-state index in [0.29, 0.717) is 5.56 Å². The molecule has 1 aromatic rings. The third kappa shape index (κ3) is 4.59. The Balaban J connectivity index is 2.59. The van der Waals surface area contributed by atoms with Crippen LogP contribution in [0, 0.1) is 0 Å². The molecule has 0 bridgehead atoms. The molecular formula is C13H18N3O+. The van der Waals surface area contributed by atoms with Gasteiger partial charge in [-0.2, -0.15) is 5.10 Å². The summed E-state index contributed by atoms with van der Waals surface area (Å²) in [6.45, 7) is 4.00. The summed E-state index contributed by atoms with van der Waals surface area (Å²) in [5.41, 5.74) is 4.11. The molecule has 1 aromatic heterocycles. The summed E-state index contributed by atoms with van der Waals surface area (Å²) in [7, 11) is 1.87. The minimum Gasteiger partial charge on any atom is -0.267 e. The van der Waals surface area contributed by atoms with E-state index in [1.807, 2.05) is 36.9 Å². The van der Waals surface area contributed by atoms with Gasteiger partial charge in [0, 0.05) is 12.3 Å². The van der Waals surface area contributed by atoms with E-state index in [2.05, 4.69) is 17.5 Å². The molecule has 90 valence electrons. The Morgan fingerprint density at radius 1 is 1.59 bits per heavy atom. The molecular weight excluding hydrogens is 214 g/mol. The van der Waals surface area contributed by atoms with Crippen LogP contribution in [0.5, 0.6) is 0 Å². The fourth-order valence-electron chi connectivity index (χ4n) is 1.35. The van der Waals surface area contributed by atoms with Gasteiger partial charge in [-0.15, -0.1) is 0 Å². The van der Waals surface area contributed by atoms with Crippen molar-refractivity contribution in [3.05, 3.63) is 41.7 Å². The van der Waals surface area contributed by atoms with Crippen LogP contribution in [-0.2, 0) is 7.05 Å². The number of carbonyl (C=O) groups excluding carboxylic acids is 1. The Morgan fingerprint density at radius 3 is 3.00 bits per heavy atom. The third-order valence-electron chi connectivity index (χ3n) is 2.16. The minimum atomic E-state index is -0.207. The topological polar surface area (TPSA) is 45.3 Å². The van der Waals surface area contributed by atoms with E-state index in [1.165, 1.54) is 0 Å². The maximum Gasteiger partial charge on any atom is 0.277 e. The minimum absolute atomic E-state index is 0.207. The number of hydrogen-bond donors (Lipinski definition) is 1. The van der Waals surface area contributed by atoms with Crippen LogP contribution in [0.4, 0.5) is 0 Å². The second kappa shape index (κ2) is 6.58. The first kappa shape index (κ1) is 13.1. The van der Waals surface area contributed by atoms with E-state index in [9.17, 15) is 4.79 Å². The van der Waals surface area contributed by atoms with E-state index >= 15 is 0 Å². The Bertz CT molecular complexity index is 450. The van der Waals surface area contributed by atoms with E-state index in [0.717, 1.165) is 12.0 Å². The predicted octanol–water partition coefficient (Wildman–Crippen LogP) is 1.58. The van der Waals surface area contributed by atoms with Crippen LogP contribution >= 0.6 is 0 Å². The molecule has 0 aromatic carbocycles. The van der Waals surface area contributed by atoms with Crippen molar-refractivity contribution in [1.29, 1.82) is 0 Å². The van der Waals surface area contributed by atoms with E-state index in [-0.39, 0.29) is 5.91 Å². The summed E-state index contributed by atoms with van der Waals surface area (Å²) in [6, 6.07) is 3.57. The molecule has 0 aliphatic heterocycles. The molecule has 0 fully saturated rings. The summed E-state index contributed by atoms with van der Waals surface area (Å²) in [5.74, 6) is -0.207. The van der Waals surface area contributed by atoms with Gasteiger partial charge in [0.2, 0.25) is 0 Å². The van der Waals surface area contributed by atoms with Crippen LogP contribution in [0.3, 0.4) is 0 Å². The predicted molar refractivity (Wildman–Crippen MR) is 67.6 cm³/mol. The largest absolute Gasteiger partial charge is 0.277 e. The molecule has 0 unspecified atom stereocenters. The zero-order valence-electron chi connectivity index (χ0n) is 10.5. The normalized spacial score (nSPS) is 11.8. The molecule has 1 N–H and O–H groups in total. The summed E-state index contributed by atoms with van der Waals surface area (Å²) in [6.07, 6.45) is 8.26. The van der Waals surface area contributed by atoms with Gasteiger partial charge in [-0.05, 0) is 25.0 Å². The Hall–Kier alpha value is -1.97. The van der Waals surface area contributed by atoms with Gasteiger partial charge in [-0.25, -0.2) is 9.99 Å². The SMILES string of the molecule is CC/C=C(C)\C=N\NC(=O)c1ccc[n+](C)c1. The summed E-state index contributed by atoms with van der Waals surface area (Å²) in [4.78, 5) is 11.7. The molecule has 4 nitrogen and oxygen atoms in total. The molecule has 0 saturated carbocycles. The highest BCUT2D eigenvalue weighted by molar-refractivity contribution is 5.94. The number of allylic oxidation sites excluding steroid dienone is 2. The molecule has 0 spiro atoms. The zero-order chi connectivity index (χ0) is 12.7. The van der Waals surface area contributed by atoms with Gasteiger partial charge in [0.1, 0.15) is 12.6 Å². The fourth-order valence-corrected chi connectivity index (χ4v) is 1.35. The number of aryl methyl sites for hydroxylation is 1. The first-order valence-corrected chi connectivity index (χ1v) is 5.59. The quantitative estimate of drug-likeness (QED) is 0.478. The second-order valence-electron chi connectivity index (χ2n) is 3.81. The smallest absolute Gasteiger partial charge is 0.267 e. The monoisotopic (exact) mass is 232 g/mol. The summed E-state index contributed by atoms with van der Waals surface area (Å²) >= 11 is 0. The van der Waals surface area contributed by atoms with Crippen molar-refractivity contribution >= 4 is 12.1 Å². The van der Waals surface area contributed by atoms with Crippen LogP contribution in [0.2, 0.25) is 0 Å². The average Bonchev–Trinajstić information content (AvgIpc) is 2.29. The Morgan fingerprint density at radius 2 is 2.35 bits per heavy atom. The number of hydrazone groups is 1. The highest BCUT2D eigenvalue weighted by atomic mass is 16.2. The van der Waals surface area contributed by atoms with Gasteiger partial charge in [0.25, 0.3) is 5.91 Å². The molecule has 1 heterocycles. The first-order valence-electron chi connectivity index (χ1n) is 5.59. The molecule has 0 atom stereocenters. The zero-order valence-corrected chi connectivity index (χ0v) is 10.5. The standard InChI is InChI=1S/C13H17N3O/c1-4-6-11(2)9-14-15-13(17)12-7-5-8-16(3)10-12/h5-10H,4H2,1-3H3/p+1/b11-6-,14-9+. The number of aromatic nitrogens is 1. The van der Waals surface area contributed by atoms with Crippen molar-refractivity contribution < 1.29 is 9.36 Å². The second-order valence-corrected chi connectivity index (χ2v) is 3.81. The van der Waals surface area contributed by atoms with Crippen molar-refractivity contribution in [2.75, 3.05) is 0 Å². The molecule has 0 saturated heterocycles. The number of nitrogens with one attached hydrogen (secondary N) is 1. The lowest BCUT2D eigenvalue weighted by atomic mass is 10.3. The Labute approximate surface area is 102 Å². The van der Waals surface area contributed by atoms with Crippen molar-refractivity contribution in [2.45, 2.75) is 20.3 Å². The highest BCUT2D eigenvalue weighted by Gasteiger charge is 2.06. The molecule has 4 heteroatoms. The van der Waals surface area contributed by atoms with Gasteiger partial charge >= 0.3 is 0 Å². The van der Waals surface area contributed by atoms with Crippen LogP contribution in [0.1, 0.15) is 30.6 Å². The van der Waals surface area contributed by atoms with Crippen LogP contribution in [0.25, 0.3) is 0 Å². The molecule has 1 amide bonds. The van der Waals surface area contributed by atoms with E-state index < -0.39 is 0 Å². The highest BCUT2D eigenvalue weighted by Crippen LogP contribution is 1.94. The first-order chi connectivity index (χ1) is 8.13. The maximum atomic E-state index is 11.7. The van der Waals surface area contributed by atoms with Gasteiger partial charge in [-0.3, -0.25) is 4.79 Å². The lowest BCUT2D eigenvalue weighted by molar-refractivity contribution is -0.671. The number of hydrogen-bond acceptors (Lipinski definition) is 2. The molecule has 17 heavy (non-hydrogen) atoms.